The number of aryl methyl sites for hydroxylation is 2. The number of carbonyl (C=O) groups is 1. The first-order chi connectivity index (χ1) is 11.2. The lowest BCUT2D eigenvalue weighted by atomic mass is 10.2. The molecule has 0 saturated heterocycles. The van der Waals surface area contributed by atoms with Crippen LogP contribution in [-0.4, -0.2) is 16.6 Å². The smallest absolute Gasteiger partial charge is 0.234 e. The van der Waals surface area contributed by atoms with E-state index in [1.54, 1.807) is 6.07 Å². The van der Waals surface area contributed by atoms with Crippen LogP contribution in [0.5, 0.6) is 0 Å². The van der Waals surface area contributed by atoms with Crippen LogP contribution in [0.2, 0.25) is 0 Å². The molecular weight excluding hydrogens is 313 g/mol. The molecule has 1 aromatic heterocycles. The molecule has 0 fully saturated rings. The molecule has 1 aliphatic carbocycles. The lowest BCUT2D eigenvalue weighted by Gasteiger charge is -2.07. The summed E-state index contributed by atoms with van der Waals surface area (Å²) in [4.78, 5) is 16.5. The van der Waals surface area contributed by atoms with Crippen LogP contribution in [0.4, 0.5) is 10.1 Å². The third kappa shape index (κ3) is 3.69. The monoisotopic (exact) mass is 327 g/mol. The van der Waals surface area contributed by atoms with Crippen molar-refractivity contribution in [1.29, 1.82) is 5.26 Å². The Morgan fingerprint density at radius 3 is 3.04 bits per heavy atom. The third-order valence-electron chi connectivity index (χ3n) is 3.58. The van der Waals surface area contributed by atoms with Gasteiger partial charge in [-0.1, -0.05) is 17.8 Å². The molecule has 0 saturated carbocycles. The van der Waals surface area contributed by atoms with Crippen molar-refractivity contribution in [3.8, 4) is 6.07 Å². The number of pyridine rings is 1. The predicted molar refractivity (Wildman–Crippen MR) is 86.7 cm³/mol. The average Bonchev–Trinajstić information content (AvgIpc) is 2.99. The molecule has 0 bridgehead atoms. The SMILES string of the molecule is N#Cc1cc2c(nc1SCC(=O)Nc1cccc(F)c1)CCC2. The van der Waals surface area contributed by atoms with Gasteiger partial charge in [-0.25, -0.2) is 9.37 Å². The van der Waals surface area contributed by atoms with Crippen LogP contribution >= 0.6 is 11.8 Å². The molecule has 1 aromatic carbocycles. The Labute approximate surface area is 137 Å². The number of rotatable bonds is 4. The highest BCUT2D eigenvalue weighted by Gasteiger charge is 2.17. The number of halogens is 1. The Hall–Kier alpha value is -2.39. The number of carbonyl (C=O) groups excluding carboxylic acids is 1. The molecular formula is C17H14FN3OS. The second kappa shape index (κ2) is 6.80. The van der Waals surface area contributed by atoms with Crippen molar-refractivity contribution in [2.45, 2.75) is 24.3 Å². The summed E-state index contributed by atoms with van der Waals surface area (Å²) in [5.74, 6) is -0.536. The standard InChI is InChI=1S/C17H14FN3OS/c18-13-4-2-5-14(8-13)20-16(22)10-23-17-12(9-19)7-11-3-1-6-15(11)21-17/h2,4-5,7-8H,1,3,6,10H2,(H,20,22). The van der Waals surface area contributed by atoms with Gasteiger partial charge in [0, 0.05) is 11.4 Å². The summed E-state index contributed by atoms with van der Waals surface area (Å²) in [7, 11) is 0. The fourth-order valence-electron chi connectivity index (χ4n) is 2.54. The van der Waals surface area contributed by atoms with Gasteiger partial charge in [0.1, 0.15) is 16.9 Å². The normalized spacial score (nSPS) is 12.5. The van der Waals surface area contributed by atoms with E-state index in [9.17, 15) is 14.4 Å². The quantitative estimate of drug-likeness (QED) is 0.875. The van der Waals surface area contributed by atoms with Crippen molar-refractivity contribution in [2.75, 3.05) is 11.1 Å². The molecule has 1 N–H and O–H groups in total. The van der Waals surface area contributed by atoms with Gasteiger partial charge in [-0.15, -0.1) is 0 Å². The summed E-state index contributed by atoms with van der Waals surface area (Å²) in [6, 6.07) is 9.76. The van der Waals surface area contributed by atoms with Crippen molar-refractivity contribution in [3.05, 3.63) is 53.0 Å². The lowest BCUT2D eigenvalue weighted by molar-refractivity contribution is -0.113. The van der Waals surface area contributed by atoms with E-state index >= 15 is 0 Å². The maximum absolute atomic E-state index is 13.1. The molecule has 23 heavy (non-hydrogen) atoms. The van der Waals surface area contributed by atoms with Crippen LogP contribution in [0.25, 0.3) is 0 Å². The van der Waals surface area contributed by atoms with Crippen LogP contribution in [-0.2, 0) is 17.6 Å². The number of hydrogen-bond donors (Lipinski definition) is 1. The fourth-order valence-corrected chi connectivity index (χ4v) is 3.32. The van der Waals surface area contributed by atoms with Crippen LogP contribution in [0.1, 0.15) is 23.2 Å². The van der Waals surface area contributed by atoms with E-state index in [-0.39, 0.29) is 11.7 Å². The number of anilines is 1. The number of nitrogens with zero attached hydrogens (tertiary/aromatic N) is 2. The largest absolute Gasteiger partial charge is 0.325 e. The molecule has 4 nitrogen and oxygen atoms in total. The van der Waals surface area contributed by atoms with E-state index in [0.717, 1.165) is 30.5 Å². The molecule has 116 valence electrons. The number of thioether (sulfide) groups is 1. The zero-order valence-corrected chi connectivity index (χ0v) is 13.1. The highest BCUT2D eigenvalue weighted by atomic mass is 32.2. The van der Waals surface area contributed by atoms with Gasteiger partial charge in [0.05, 0.1) is 11.3 Å². The van der Waals surface area contributed by atoms with Crippen molar-refractivity contribution in [1.82, 2.24) is 4.98 Å². The number of hydrogen-bond acceptors (Lipinski definition) is 4. The van der Waals surface area contributed by atoms with Crippen molar-refractivity contribution >= 4 is 23.4 Å². The van der Waals surface area contributed by atoms with Crippen LogP contribution in [0.15, 0.2) is 35.4 Å². The summed E-state index contributed by atoms with van der Waals surface area (Å²) < 4.78 is 13.1. The minimum Gasteiger partial charge on any atom is -0.325 e. The van der Waals surface area contributed by atoms with Gasteiger partial charge in [0.15, 0.2) is 0 Å². The first-order valence-electron chi connectivity index (χ1n) is 7.27. The minimum atomic E-state index is -0.400. The Balaban J connectivity index is 1.66. The van der Waals surface area contributed by atoms with Crippen molar-refractivity contribution in [2.24, 2.45) is 0 Å². The first kappa shape index (κ1) is 15.5. The van der Waals surface area contributed by atoms with Gasteiger partial charge in [0.2, 0.25) is 5.91 Å². The van der Waals surface area contributed by atoms with Crippen molar-refractivity contribution < 1.29 is 9.18 Å². The number of nitrogens with one attached hydrogen (secondary N) is 1. The van der Waals surface area contributed by atoms with Gasteiger partial charge >= 0.3 is 0 Å². The van der Waals surface area contributed by atoms with E-state index < -0.39 is 5.82 Å². The third-order valence-corrected chi connectivity index (χ3v) is 4.58. The summed E-state index contributed by atoms with van der Waals surface area (Å²) in [5, 5.41) is 12.5. The van der Waals surface area contributed by atoms with Gasteiger partial charge in [-0.05, 0) is 49.1 Å². The Kier molecular flexibility index (Phi) is 4.58. The Morgan fingerprint density at radius 1 is 1.39 bits per heavy atom. The maximum atomic E-state index is 13.1. The van der Waals surface area contributed by atoms with Crippen molar-refractivity contribution in [3.63, 3.8) is 0 Å². The van der Waals surface area contributed by atoms with E-state index in [0.29, 0.717) is 16.3 Å². The predicted octanol–water partition coefficient (Wildman–Crippen LogP) is 3.31. The molecule has 0 aliphatic heterocycles. The number of amides is 1. The average molecular weight is 327 g/mol. The highest BCUT2D eigenvalue weighted by Crippen LogP contribution is 2.27. The number of fused-ring (bicyclic) bond motifs is 1. The first-order valence-corrected chi connectivity index (χ1v) is 8.25. The topological polar surface area (TPSA) is 65.8 Å². The molecule has 0 atom stereocenters. The second-order valence-electron chi connectivity index (χ2n) is 5.26. The Morgan fingerprint density at radius 2 is 2.26 bits per heavy atom. The zero-order chi connectivity index (χ0) is 16.2. The van der Waals surface area contributed by atoms with E-state index in [1.807, 2.05) is 6.07 Å². The van der Waals surface area contributed by atoms with Gasteiger partial charge in [-0.2, -0.15) is 5.26 Å². The molecule has 6 heteroatoms. The molecule has 2 aromatic rings. The summed E-state index contributed by atoms with van der Waals surface area (Å²) in [5.41, 5.74) is 3.08. The summed E-state index contributed by atoms with van der Waals surface area (Å²) in [6.07, 6.45) is 2.94. The van der Waals surface area contributed by atoms with Gasteiger partial charge in [0.25, 0.3) is 0 Å². The molecule has 0 unspecified atom stereocenters. The van der Waals surface area contributed by atoms with Gasteiger partial charge < -0.3 is 5.32 Å². The maximum Gasteiger partial charge on any atom is 0.234 e. The second-order valence-corrected chi connectivity index (χ2v) is 6.22. The van der Waals surface area contributed by atoms with E-state index in [1.165, 1.54) is 30.0 Å². The lowest BCUT2D eigenvalue weighted by Crippen LogP contribution is -2.14. The van der Waals surface area contributed by atoms with Crippen LogP contribution in [0, 0.1) is 17.1 Å². The summed E-state index contributed by atoms with van der Waals surface area (Å²) >= 11 is 1.23. The number of benzene rings is 1. The fraction of sp³-hybridized carbons (Fsp3) is 0.235. The molecule has 1 amide bonds. The van der Waals surface area contributed by atoms with Gasteiger partial charge in [-0.3, -0.25) is 4.79 Å². The Bertz CT molecular complexity index is 801. The molecule has 3 rings (SSSR count). The molecule has 0 spiro atoms. The zero-order valence-electron chi connectivity index (χ0n) is 12.3. The summed E-state index contributed by atoms with van der Waals surface area (Å²) in [6.45, 7) is 0. The van der Waals surface area contributed by atoms with E-state index in [2.05, 4.69) is 16.4 Å². The molecule has 0 radical (unpaired) electrons. The number of nitriles is 1. The molecule has 1 heterocycles. The number of aromatic nitrogens is 1. The molecule has 1 aliphatic rings. The van der Waals surface area contributed by atoms with E-state index in [4.69, 9.17) is 0 Å². The van der Waals surface area contributed by atoms with Crippen LogP contribution < -0.4 is 5.32 Å². The minimum absolute atomic E-state index is 0.122. The highest BCUT2D eigenvalue weighted by molar-refractivity contribution is 8.00. The van der Waals surface area contributed by atoms with Crippen LogP contribution in [0.3, 0.4) is 0 Å².